The molecule has 6 heteroatoms. The van der Waals surface area contributed by atoms with E-state index in [-0.39, 0.29) is 23.7 Å². The van der Waals surface area contributed by atoms with Crippen molar-refractivity contribution < 1.29 is 4.79 Å². The topological polar surface area (TPSA) is 83.8 Å². The zero-order valence-corrected chi connectivity index (χ0v) is 16.7. The number of H-pyrrole nitrogens is 1. The number of amides is 1. The van der Waals surface area contributed by atoms with Crippen LogP contribution in [0.5, 0.6) is 0 Å². The zero-order valence-electron chi connectivity index (χ0n) is 15.9. The highest BCUT2D eigenvalue weighted by molar-refractivity contribution is 5.95. The van der Waals surface area contributed by atoms with Crippen molar-refractivity contribution in [3.63, 3.8) is 0 Å². The molecule has 0 radical (unpaired) electrons. The zero-order chi connectivity index (χ0) is 18.7. The van der Waals surface area contributed by atoms with Crippen LogP contribution in [0, 0.1) is 5.41 Å². The number of benzene rings is 2. The molecule has 4 rings (SSSR count). The molecule has 1 aliphatic carbocycles. The number of nitrogens with one attached hydrogen (secondary N) is 2. The maximum atomic E-state index is 12.8. The average Bonchev–Trinajstić information content (AvgIpc) is 3.13. The number of halogens is 1. The molecule has 0 saturated heterocycles. The van der Waals surface area contributed by atoms with Crippen LogP contribution in [0.2, 0.25) is 0 Å². The van der Waals surface area contributed by atoms with Gasteiger partial charge < -0.3 is 16.0 Å². The van der Waals surface area contributed by atoms with E-state index >= 15 is 0 Å². The van der Waals surface area contributed by atoms with Crippen LogP contribution in [0.1, 0.15) is 38.5 Å². The first-order valence-electron chi connectivity index (χ1n) is 9.73. The number of fused-ring (bicyclic) bond motifs is 1. The number of aromatic nitrogens is 2. The van der Waals surface area contributed by atoms with Crippen LogP contribution in [0.25, 0.3) is 22.4 Å². The van der Waals surface area contributed by atoms with Crippen LogP contribution in [0.3, 0.4) is 0 Å². The summed E-state index contributed by atoms with van der Waals surface area (Å²) < 4.78 is 0. The predicted molar refractivity (Wildman–Crippen MR) is 117 cm³/mol. The molecule has 2 aromatic carbocycles. The second-order valence-corrected chi connectivity index (χ2v) is 7.64. The number of carbonyl (C=O) groups is 1. The van der Waals surface area contributed by atoms with Gasteiger partial charge in [0.25, 0.3) is 0 Å². The number of imidazole rings is 1. The quantitative estimate of drug-likeness (QED) is 0.572. The number of para-hydroxylation sites is 3. The van der Waals surface area contributed by atoms with Gasteiger partial charge in [-0.1, -0.05) is 43.5 Å². The standard InChI is InChI=1S/C22H26N4O.ClH/c23-15-22(12-6-1-7-13-22)14-20(27)24-17-9-3-2-8-16(17)21-25-18-10-4-5-11-19(18)26-21;/h2-5,8-11H,1,6-7,12-15,23H2,(H,24,27)(H,25,26);1H. The van der Waals surface area contributed by atoms with Crippen molar-refractivity contribution in [3.05, 3.63) is 48.5 Å². The molecule has 0 bridgehead atoms. The van der Waals surface area contributed by atoms with E-state index in [9.17, 15) is 4.79 Å². The fourth-order valence-corrected chi connectivity index (χ4v) is 4.17. The number of anilines is 1. The highest BCUT2D eigenvalue weighted by Gasteiger charge is 2.33. The first kappa shape index (κ1) is 20.4. The van der Waals surface area contributed by atoms with E-state index in [1.165, 1.54) is 19.3 Å². The highest BCUT2D eigenvalue weighted by Crippen LogP contribution is 2.39. The Morgan fingerprint density at radius 2 is 1.79 bits per heavy atom. The molecule has 1 amide bonds. The van der Waals surface area contributed by atoms with Crippen molar-refractivity contribution in [2.45, 2.75) is 38.5 Å². The summed E-state index contributed by atoms with van der Waals surface area (Å²) in [6.45, 7) is 0.575. The normalized spacial score (nSPS) is 15.8. The van der Waals surface area contributed by atoms with Crippen LogP contribution in [0.15, 0.2) is 48.5 Å². The number of nitrogens with two attached hydrogens (primary N) is 1. The lowest BCUT2D eigenvalue weighted by molar-refractivity contribution is -0.118. The summed E-state index contributed by atoms with van der Waals surface area (Å²) in [6, 6.07) is 15.7. The fraction of sp³-hybridized carbons (Fsp3) is 0.364. The number of hydrogen-bond acceptors (Lipinski definition) is 3. The Bertz CT molecular complexity index is 913. The molecule has 0 spiro atoms. The van der Waals surface area contributed by atoms with Gasteiger partial charge in [-0.2, -0.15) is 0 Å². The largest absolute Gasteiger partial charge is 0.338 e. The molecule has 1 aromatic heterocycles. The third-order valence-corrected chi connectivity index (χ3v) is 5.73. The number of rotatable bonds is 5. The molecule has 28 heavy (non-hydrogen) atoms. The summed E-state index contributed by atoms with van der Waals surface area (Å²) >= 11 is 0. The summed E-state index contributed by atoms with van der Waals surface area (Å²) in [6.07, 6.45) is 6.15. The van der Waals surface area contributed by atoms with Gasteiger partial charge in [-0.05, 0) is 49.1 Å². The smallest absolute Gasteiger partial charge is 0.224 e. The van der Waals surface area contributed by atoms with E-state index in [0.717, 1.165) is 41.0 Å². The van der Waals surface area contributed by atoms with Crippen LogP contribution in [-0.4, -0.2) is 22.4 Å². The molecule has 3 aromatic rings. The number of carbonyl (C=O) groups excluding carboxylic acids is 1. The van der Waals surface area contributed by atoms with E-state index in [1.807, 2.05) is 48.5 Å². The predicted octanol–water partition coefficient (Wildman–Crippen LogP) is 4.89. The molecule has 0 aliphatic heterocycles. The molecule has 1 heterocycles. The second-order valence-electron chi connectivity index (χ2n) is 7.64. The Balaban J connectivity index is 0.00000225. The van der Waals surface area contributed by atoms with Gasteiger partial charge in [0.15, 0.2) is 0 Å². The lowest BCUT2D eigenvalue weighted by Gasteiger charge is -2.35. The van der Waals surface area contributed by atoms with Gasteiger partial charge in [0.1, 0.15) is 5.82 Å². The van der Waals surface area contributed by atoms with E-state index < -0.39 is 0 Å². The molecule has 4 N–H and O–H groups in total. The van der Waals surface area contributed by atoms with Gasteiger partial charge in [0.05, 0.1) is 16.7 Å². The van der Waals surface area contributed by atoms with Crippen LogP contribution in [-0.2, 0) is 4.79 Å². The van der Waals surface area contributed by atoms with Gasteiger partial charge in [-0.15, -0.1) is 12.4 Å². The van der Waals surface area contributed by atoms with Gasteiger partial charge in [-0.3, -0.25) is 4.79 Å². The van der Waals surface area contributed by atoms with Crippen molar-refractivity contribution in [2.24, 2.45) is 11.1 Å². The molecule has 0 unspecified atom stereocenters. The SMILES string of the molecule is Cl.NCC1(CC(=O)Nc2ccccc2-c2nc3ccccc3[nH]2)CCCCC1. The summed E-state index contributed by atoms with van der Waals surface area (Å²) in [5, 5.41) is 3.11. The van der Waals surface area contributed by atoms with Crippen molar-refractivity contribution in [1.82, 2.24) is 9.97 Å². The molecule has 5 nitrogen and oxygen atoms in total. The second kappa shape index (κ2) is 8.76. The Morgan fingerprint density at radius 1 is 1.07 bits per heavy atom. The molecule has 148 valence electrons. The van der Waals surface area contributed by atoms with Crippen LogP contribution >= 0.6 is 12.4 Å². The van der Waals surface area contributed by atoms with E-state index in [4.69, 9.17) is 5.73 Å². The van der Waals surface area contributed by atoms with E-state index in [2.05, 4.69) is 15.3 Å². The number of nitrogens with zero attached hydrogens (tertiary/aromatic N) is 1. The Labute approximate surface area is 171 Å². The average molecular weight is 399 g/mol. The van der Waals surface area contributed by atoms with E-state index in [0.29, 0.717) is 13.0 Å². The molecule has 1 saturated carbocycles. The lowest BCUT2D eigenvalue weighted by Crippen LogP contribution is -2.36. The maximum Gasteiger partial charge on any atom is 0.224 e. The Hall–Kier alpha value is -2.37. The van der Waals surface area contributed by atoms with Gasteiger partial charge in [0, 0.05) is 12.0 Å². The van der Waals surface area contributed by atoms with Gasteiger partial charge in [-0.25, -0.2) is 4.98 Å². The Kier molecular flexibility index (Phi) is 6.37. The number of aromatic amines is 1. The summed E-state index contributed by atoms with van der Waals surface area (Å²) in [7, 11) is 0. The lowest BCUT2D eigenvalue weighted by atomic mass is 9.71. The van der Waals surface area contributed by atoms with Crippen molar-refractivity contribution in [3.8, 4) is 11.4 Å². The van der Waals surface area contributed by atoms with Gasteiger partial charge in [0.2, 0.25) is 5.91 Å². The Morgan fingerprint density at radius 3 is 2.54 bits per heavy atom. The highest BCUT2D eigenvalue weighted by atomic mass is 35.5. The van der Waals surface area contributed by atoms with Crippen molar-refractivity contribution >= 4 is 35.0 Å². The molecular weight excluding hydrogens is 372 g/mol. The summed E-state index contributed by atoms with van der Waals surface area (Å²) in [5.41, 5.74) is 9.58. The molecular formula is C22H27ClN4O. The van der Waals surface area contributed by atoms with E-state index in [1.54, 1.807) is 0 Å². The first-order chi connectivity index (χ1) is 13.2. The van der Waals surface area contributed by atoms with Crippen molar-refractivity contribution in [1.29, 1.82) is 0 Å². The summed E-state index contributed by atoms with van der Waals surface area (Å²) in [5.74, 6) is 0.796. The fourth-order valence-electron chi connectivity index (χ4n) is 4.17. The maximum absolute atomic E-state index is 12.8. The molecule has 1 aliphatic rings. The monoisotopic (exact) mass is 398 g/mol. The van der Waals surface area contributed by atoms with Crippen molar-refractivity contribution in [2.75, 3.05) is 11.9 Å². The summed E-state index contributed by atoms with van der Waals surface area (Å²) in [4.78, 5) is 20.8. The third-order valence-electron chi connectivity index (χ3n) is 5.73. The van der Waals surface area contributed by atoms with Crippen LogP contribution in [0.4, 0.5) is 5.69 Å². The minimum Gasteiger partial charge on any atom is -0.338 e. The minimum atomic E-state index is -0.0450. The minimum absolute atomic E-state index is 0. The molecule has 1 fully saturated rings. The third kappa shape index (κ3) is 4.21. The first-order valence-corrected chi connectivity index (χ1v) is 9.73. The molecule has 0 atom stereocenters. The van der Waals surface area contributed by atoms with Crippen LogP contribution < -0.4 is 11.1 Å². The number of hydrogen-bond donors (Lipinski definition) is 3. The van der Waals surface area contributed by atoms with Gasteiger partial charge >= 0.3 is 0 Å².